The number of benzene rings is 2. The standard InChI is InChI=1S/C16H18BrFN2O/c1-10(13-6-5-12(18)9-16(13)21)19-14-8-11(17)4-7-15(14)20(2)3/h4-10,19,21H,1-3H3. The molecule has 0 spiro atoms. The molecule has 0 saturated carbocycles. The molecule has 0 bridgehead atoms. The molecule has 0 amide bonds. The molecular formula is C16H18BrFN2O. The largest absolute Gasteiger partial charge is 0.507 e. The Morgan fingerprint density at radius 2 is 1.90 bits per heavy atom. The molecule has 2 aromatic rings. The van der Waals surface area contributed by atoms with Gasteiger partial charge in [-0.25, -0.2) is 4.39 Å². The number of hydrogen-bond acceptors (Lipinski definition) is 3. The van der Waals surface area contributed by atoms with Crippen LogP contribution >= 0.6 is 15.9 Å². The van der Waals surface area contributed by atoms with E-state index in [1.54, 1.807) is 6.07 Å². The third-order valence-corrected chi connectivity index (χ3v) is 3.76. The quantitative estimate of drug-likeness (QED) is 0.848. The van der Waals surface area contributed by atoms with Crippen molar-refractivity contribution in [2.75, 3.05) is 24.3 Å². The Balaban J connectivity index is 2.31. The van der Waals surface area contributed by atoms with Crippen LogP contribution in [0.25, 0.3) is 0 Å². The Labute approximate surface area is 132 Å². The van der Waals surface area contributed by atoms with Gasteiger partial charge in [0.05, 0.1) is 17.4 Å². The van der Waals surface area contributed by atoms with Crippen LogP contribution in [0.15, 0.2) is 40.9 Å². The molecule has 21 heavy (non-hydrogen) atoms. The molecule has 0 saturated heterocycles. The molecule has 1 unspecified atom stereocenters. The van der Waals surface area contributed by atoms with Crippen LogP contribution in [-0.4, -0.2) is 19.2 Å². The lowest BCUT2D eigenvalue weighted by atomic mass is 10.1. The van der Waals surface area contributed by atoms with E-state index in [2.05, 4.69) is 21.2 Å². The Hall–Kier alpha value is -1.75. The molecular weight excluding hydrogens is 335 g/mol. The Bertz CT molecular complexity index is 646. The van der Waals surface area contributed by atoms with Crippen molar-refractivity contribution in [2.45, 2.75) is 13.0 Å². The van der Waals surface area contributed by atoms with Crippen molar-refractivity contribution >= 4 is 27.3 Å². The highest BCUT2D eigenvalue weighted by molar-refractivity contribution is 9.10. The molecule has 2 rings (SSSR count). The number of rotatable bonds is 4. The third kappa shape index (κ3) is 3.67. The van der Waals surface area contributed by atoms with Gasteiger partial charge in [-0.2, -0.15) is 0 Å². The minimum atomic E-state index is -0.445. The summed E-state index contributed by atoms with van der Waals surface area (Å²) in [4.78, 5) is 2.01. The number of aromatic hydroxyl groups is 1. The lowest BCUT2D eigenvalue weighted by molar-refractivity contribution is 0.459. The van der Waals surface area contributed by atoms with Crippen LogP contribution in [0.5, 0.6) is 5.75 Å². The number of phenolic OH excluding ortho intramolecular Hbond substituents is 1. The van der Waals surface area contributed by atoms with E-state index in [1.165, 1.54) is 6.07 Å². The van der Waals surface area contributed by atoms with Gasteiger partial charge in [0.25, 0.3) is 0 Å². The second kappa shape index (κ2) is 6.35. The molecule has 0 aliphatic heterocycles. The van der Waals surface area contributed by atoms with Crippen molar-refractivity contribution < 1.29 is 9.50 Å². The van der Waals surface area contributed by atoms with Crippen molar-refractivity contribution in [3.63, 3.8) is 0 Å². The molecule has 0 aromatic heterocycles. The van der Waals surface area contributed by atoms with Gasteiger partial charge >= 0.3 is 0 Å². The van der Waals surface area contributed by atoms with Crippen LogP contribution in [0.4, 0.5) is 15.8 Å². The first-order chi connectivity index (χ1) is 9.88. The summed E-state index contributed by atoms with van der Waals surface area (Å²) in [5.74, 6) is -0.490. The summed E-state index contributed by atoms with van der Waals surface area (Å²) in [5, 5.41) is 13.2. The summed E-state index contributed by atoms with van der Waals surface area (Å²) in [6, 6.07) is 9.87. The number of nitrogens with zero attached hydrogens (tertiary/aromatic N) is 1. The van der Waals surface area contributed by atoms with E-state index >= 15 is 0 Å². The van der Waals surface area contributed by atoms with Gasteiger partial charge in [-0.3, -0.25) is 0 Å². The van der Waals surface area contributed by atoms with Crippen molar-refractivity contribution in [2.24, 2.45) is 0 Å². The molecule has 2 aromatic carbocycles. The maximum atomic E-state index is 13.1. The van der Waals surface area contributed by atoms with Crippen LogP contribution in [0.2, 0.25) is 0 Å². The summed E-state index contributed by atoms with van der Waals surface area (Å²) in [5.41, 5.74) is 2.62. The Kier molecular flexibility index (Phi) is 4.73. The van der Waals surface area contributed by atoms with E-state index in [1.807, 2.05) is 44.1 Å². The maximum absolute atomic E-state index is 13.1. The van der Waals surface area contributed by atoms with E-state index in [9.17, 15) is 9.50 Å². The first kappa shape index (κ1) is 15.6. The molecule has 0 radical (unpaired) electrons. The summed E-state index contributed by atoms with van der Waals surface area (Å²) in [6.45, 7) is 1.92. The summed E-state index contributed by atoms with van der Waals surface area (Å²) < 4.78 is 14.0. The van der Waals surface area contributed by atoms with Gasteiger partial charge in [0, 0.05) is 30.2 Å². The molecule has 5 heteroatoms. The second-order valence-corrected chi connectivity index (χ2v) is 6.04. The third-order valence-electron chi connectivity index (χ3n) is 3.27. The van der Waals surface area contributed by atoms with E-state index in [-0.39, 0.29) is 11.8 Å². The molecule has 0 heterocycles. The van der Waals surface area contributed by atoms with Crippen LogP contribution in [0.3, 0.4) is 0 Å². The summed E-state index contributed by atoms with van der Waals surface area (Å²) in [6.07, 6.45) is 0. The van der Waals surface area contributed by atoms with Crippen molar-refractivity contribution in [1.29, 1.82) is 0 Å². The predicted molar refractivity (Wildman–Crippen MR) is 88.6 cm³/mol. The van der Waals surface area contributed by atoms with Gasteiger partial charge in [0.1, 0.15) is 11.6 Å². The topological polar surface area (TPSA) is 35.5 Å². The van der Waals surface area contributed by atoms with Crippen LogP contribution < -0.4 is 10.2 Å². The van der Waals surface area contributed by atoms with Crippen LogP contribution in [0, 0.1) is 5.82 Å². The predicted octanol–water partition coefficient (Wildman–Crippen LogP) is 4.53. The van der Waals surface area contributed by atoms with Gasteiger partial charge < -0.3 is 15.3 Å². The monoisotopic (exact) mass is 352 g/mol. The fourth-order valence-electron chi connectivity index (χ4n) is 2.21. The highest BCUT2D eigenvalue weighted by Crippen LogP contribution is 2.33. The normalized spacial score (nSPS) is 12.0. The smallest absolute Gasteiger partial charge is 0.126 e. The van der Waals surface area contributed by atoms with Crippen molar-refractivity contribution in [3.05, 3.63) is 52.3 Å². The number of halogens is 2. The fraction of sp³-hybridized carbons (Fsp3) is 0.250. The zero-order valence-electron chi connectivity index (χ0n) is 12.2. The minimum absolute atomic E-state index is 0.0450. The average molecular weight is 353 g/mol. The zero-order chi connectivity index (χ0) is 15.6. The van der Waals surface area contributed by atoms with E-state index in [4.69, 9.17) is 0 Å². The van der Waals surface area contributed by atoms with E-state index < -0.39 is 5.82 Å². The number of nitrogens with one attached hydrogen (secondary N) is 1. The highest BCUT2D eigenvalue weighted by Gasteiger charge is 2.14. The summed E-state index contributed by atoms with van der Waals surface area (Å²) in [7, 11) is 3.93. The molecule has 2 N–H and O–H groups in total. The SMILES string of the molecule is CC(Nc1cc(Br)ccc1N(C)C)c1ccc(F)cc1O. The molecule has 0 aliphatic carbocycles. The van der Waals surface area contributed by atoms with Gasteiger partial charge in [-0.1, -0.05) is 22.0 Å². The molecule has 3 nitrogen and oxygen atoms in total. The zero-order valence-corrected chi connectivity index (χ0v) is 13.8. The number of anilines is 2. The van der Waals surface area contributed by atoms with E-state index in [0.29, 0.717) is 5.56 Å². The molecule has 112 valence electrons. The van der Waals surface area contributed by atoms with Crippen molar-refractivity contribution in [3.8, 4) is 5.75 Å². The van der Waals surface area contributed by atoms with Gasteiger partial charge in [-0.15, -0.1) is 0 Å². The number of phenols is 1. The molecule has 1 atom stereocenters. The number of hydrogen-bond donors (Lipinski definition) is 2. The lowest BCUT2D eigenvalue weighted by Gasteiger charge is -2.23. The Morgan fingerprint density at radius 3 is 2.52 bits per heavy atom. The maximum Gasteiger partial charge on any atom is 0.126 e. The fourth-order valence-corrected chi connectivity index (χ4v) is 2.57. The van der Waals surface area contributed by atoms with Gasteiger partial charge in [0.2, 0.25) is 0 Å². The summed E-state index contributed by atoms with van der Waals surface area (Å²) >= 11 is 3.46. The molecule has 0 fully saturated rings. The van der Waals surface area contributed by atoms with E-state index in [0.717, 1.165) is 21.9 Å². The van der Waals surface area contributed by atoms with Crippen LogP contribution in [-0.2, 0) is 0 Å². The second-order valence-electron chi connectivity index (χ2n) is 5.13. The van der Waals surface area contributed by atoms with Crippen molar-refractivity contribution in [1.82, 2.24) is 0 Å². The first-order valence-corrected chi connectivity index (χ1v) is 7.39. The van der Waals surface area contributed by atoms with Crippen LogP contribution in [0.1, 0.15) is 18.5 Å². The molecule has 0 aliphatic rings. The average Bonchev–Trinajstić information content (AvgIpc) is 2.37. The Morgan fingerprint density at radius 1 is 1.19 bits per heavy atom. The lowest BCUT2D eigenvalue weighted by Crippen LogP contribution is -2.14. The van der Waals surface area contributed by atoms with Gasteiger partial charge in [0.15, 0.2) is 0 Å². The minimum Gasteiger partial charge on any atom is -0.507 e. The highest BCUT2D eigenvalue weighted by atomic mass is 79.9. The van der Waals surface area contributed by atoms with Gasteiger partial charge in [-0.05, 0) is 31.2 Å². The first-order valence-electron chi connectivity index (χ1n) is 6.60.